The molecule has 0 unspecified atom stereocenters. The summed E-state index contributed by atoms with van der Waals surface area (Å²) in [7, 11) is 0. The van der Waals surface area contributed by atoms with Crippen molar-refractivity contribution >= 4 is 11.0 Å². The predicted molar refractivity (Wildman–Crippen MR) is 77.1 cm³/mol. The predicted octanol–water partition coefficient (Wildman–Crippen LogP) is 4.10. The Balaban J connectivity index is 2.23. The average molecular weight is 245 g/mol. The van der Waals surface area contributed by atoms with Gasteiger partial charge in [0.2, 0.25) is 0 Å². The molecule has 0 aliphatic carbocycles. The highest BCUT2D eigenvalue weighted by Crippen LogP contribution is 2.29. The van der Waals surface area contributed by atoms with Crippen LogP contribution in [0.3, 0.4) is 0 Å². The van der Waals surface area contributed by atoms with Gasteiger partial charge in [-0.15, -0.1) is 0 Å². The van der Waals surface area contributed by atoms with Crippen LogP contribution >= 0.6 is 0 Å². The maximum Gasteiger partial charge on any atom is 0.137 e. The summed E-state index contributed by atoms with van der Waals surface area (Å²) in [4.78, 5) is 0. The second-order valence-corrected chi connectivity index (χ2v) is 5.50. The molecule has 1 aromatic heterocycles. The van der Waals surface area contributed by atoms with E-state index in [9.17, 15) is 0 Å². The Labute approximate surface area is 109 Å². The fourth-order valence-electron chi connectivity index (χ4n) is 2.28. The highest BCUT2D eigenvalue weighted by molar-refractivity contribution is 5.84. The molecule has 1 N–H and O–H groups in total. The summed E-state index contributed by atoms with van der Waals surface area (Å²) in [6.45, 7) is 9.75. The van der Waals surface area contributed by atoms with Crippen molar-refractivity contribution in [3.05, 3.63) is 35.6 Å². The Hall–Kier alpha value is -1.28. The molecule has 0 saturated heterocycles. The van der Waals surface area contributed by atoms with Gasteiger partial charge in [0.1, 0.15) is 5.58 Å². The highest BCUT2D eigenvalue weighted by atomic mass is 16.3. The topological polar surface area (TPSA) is 25.2 Å². The van der Waals surface area contributed by atoms with Crippen LogP contribution in [-0.4, -0.2) is 12.6 Å². The first-order valence-electron chi connectivity index (χ1n) is 6.82. The zero-order chi connectivity index (χ0) is 13.1. The summed E-state index contributed by atoms with van der Waals surface area (Å²) >= 11 is 0. The van der Waals surface area contributed by atoms with Crippen LogP contribution in [0.15, 0.2) is 28.9 Å². The van der Waals surface area contributed by atoms with Gasteiger partial charge < -0.3 is 9.73 Å². The van der Waals surface area contributed by atoms with E-state index in [0.29, 0.717) is 12.0 Å². The lowest BCUT2D eigenvalue weighted by molar-refractivity contribution is 0.578. The lowest BCUT2D eigenvalue weighted by Gasteiger charge is -2.07. The summed E-state index contributed by atoms with van der Waals surface area (Å²) in [5.74, 6) is 0.501. The Morgan fingerprint density at radius 2 is 1.94 bits per heavy atom. The molecule has 0 saturated carbocycles. The Kier molecular flexibility index (Phi) is 4.07. The molecule has 0 spiro atoms. The second kappa shape index (κ2) is 5.57. The average Bonchev–Trinajstić information content (AvgIpc) is 2.72. The fourth-order valence-corrected chi connectivity index (χ4v) is 2.28. The number of nitrogens with one attached hydrogen (secondary N) is 1. The minimum absolute atomic E-state index is 0.501. The van der Waals surface area contributed by atoms with Crippen molar-refractivity contribution in [2.45, 2.75) is 46.1 Å². The van der Waals surface area contributed by atoms with Crippen LogP contribution in [0.2, 0.25) is 0 Å². The monoisotopic (exact) mass is 245 g/mol. The van der Waals surface area contributed by atoms with Crippen LogP contribution in [-0.2, 0) is 6.42 Å². The van der Waals surface area contributed by atoms with E-state index in [4.69, 9.17) is 4.42 Å². The van der Waals surface area contributed by atoms with Gasteiger partial charge in [-0.2, -0.15) is 0 Å². The molecule has 0 amide bonds. The van der Waals surface area contributed by atoms with E-state index in [1.54, 1.807) is 0 Å². The molecular weight excluding hydrogens is 222 g/mol. The minimum Gasteiger partial charge on any atom is -0.464 e. The van der Waals surface area contributed by atoms with Crippen molar-refractivity contribution in [2.24, 2.45) is 0 Å². The van der Waals surface area contributed by atoms with Gasteiger partial charge in [0.25, 0.3) is 0 Å². The van der Waals surface area contributed by atoms with Gasteiger partial charge in [-0.25, -0.2) is 0 Å². The number of benzene rings is 1. The lowest BCUT2D eigenvalue weighted by Crippen LogP contribution is -2.24. The largest absolute Gasteiger partial charge is 0.464 e. The first-order chi connectivity index (χ1) is 8.59. The molecular formula is C16H23NO. The SMILES string of the molecule is CC(C)NCCc1coc2c(C(C)C)cccc12. The quantitative estimate of drug-likeness (QED) is 0.858. The molecule has 1 aromatic carbocycles. The molecule has 0 atom stereocenters. The summed E-state index contributed by atoms with van der Waals surface area (Å²) in [6.07, 6.45) is 2.94. The van der Waals surface area contributed by atoms with E-state index < -0.39 is 0 Å². The first-order valence-corrected chi connectivity index (χ1v) is 6.82. The van der Waals surface area contributed by atoms with Crippen molar-refractivity contribution in [2.75, 3.05) is 6.54 Å². The molecule has 2 nitrogen and oxygen atoms in total. The molecule has 0 aliphatic rings. The third-order valence-electron chi connectivity index (χ3n) is 3.28. The molecule has 1 heterocycles. The van der Waals surface area contributed by atoms with E-state index >= 15 is 0 Å². The van der Waals surface area contributed by atoms with Crippen molar-refractivity contribution in [3.63, 3.8) is 0 Å². The zero-order valence-corrected chi connectivity index (χ0v) is 11.8. The van der Waals surface area contributed by atoms with Gasteiger partial charge >= 0.3 is 0 Å². The lowest BCUT2D eigenvalue weighted by atomic mass is 9.99. The fraction of sp³-hybridized carbons (Fsp3) is 0.500. The molecule has 98 valence electrons. The van der Waals surface area contributed by atoms with Crippen LogP contribution in [0.4, 0.5) is 0 Å². The second-order valence-electron chi connectivity index (χ2n) is 5.50. The number of para-hydroxylation sites is 1. The number of hydrogen-bond donors (Lipinski definition) is 1. The smallest absolute Gasteiger partial charge is 0.137 e. The summed E-state index contributed by atoms with van der Waals surface area (Å²) in [5.41, 5.74) is 3.67. The van der Waals surface area contributed by atoms with Gasteiger partial charge in [-0.3, -0.25) is 0 Å². The van der Waals surface area contributed by atoms with Gasteiger partial charge in [0, 0.05) is 11.4 Å². The number of fused-ring (bicyclic) bond motifs is 1. The van der Waals surface area contributed by atoms with Gasteiger partial charge in [-0.05, 0) is 30.0 Å². The Morgan fingerprint density at radius 1 is 1.17 bits per heavy atom. The molecule has 2 rings (SSSR count). The van der Waals surface area contributed by atoms with Gasteiger partial charge in [0.05, 0.1) is 6.26 Å². The van der Waals surface area contributed by atoms with E-state index in [1.807, 2.05) is 6.26 Å². The molecule has 2 heteroatoms. The molecule has 0 radical (unpaired) electrons. The number of hydrogen-bond acceptors (Lipinski definition) is 2. The summed E-state index contributed by atoms with van der Waals surface area (Å²) < 4.78 is 5.77. The van der Waals surface area contributed by atoms with Gasteiger partial charge in [0.15, 0.2) is 0 Å². The third kappa shape index (κ3) is 2.75. The van der Waals surface area contributed by atoms with Crippen LogP contribution in [0.1, 0.15) is 44.7 Å². The molecule has 0 aliphatic heterocycles. The minimum atomic E-state index is 0.501. The maximum absolute atomic E-state index is 5.77. The van der Waals surface area contributed by atoms with Crippen LogP contribution in [0.25, 0.3) is 11.0 Å². The highest BCUT2D eigenvalue weighted by Gasteiger charge is 2.11. The van der Waals surface area contributed by atoms with Crippen molar-refractivity contribution in [1.29, 1.82) is 0 Å². The zero-order valence-electron chi connectivity index (χ0n) is 11.8. The first kappa shape index (κ1) is 13.2. The Morgan fingerprint density at radius 3 is 2.61 bits per heavy atom. The van der Waals surface area contributed by atoms with E-state index in [2.05, 4.69) is 51.2 Å². The van der Waals surface area contributed by atoms with Crippen molar-refractivity contribution < 1.29 is 4.42 Å². The number of rotatable bonds is 5. The van der Waals surface area contributed by atoms with Gasteiger partial charge in [-0.1, -0.05) is 45.9 Å². The molecule has 18 heavy (non-hydrogen) atoms. The van der Waals surface area contributed by atoms with Crippen LogP contribution in [0.5, 0.6) is 0 Å². The maximum atomic E-state index is 5.77. The van der Waals surface area contributed by atoms with Crippen molar-refractivity contribution in [1.82, 2.24) is 5.32 Å². The van der Waals surface area contributed by atoms with Crippen LogP contribution < -0.4 is 5.32 Å². The molecule has 0 fully saturated rings. The molecule has 2 aromatic rings. The molecule has 0 bridgehead atoms. The third-order valence-corrected chi connectivity index (χ3v) is 3.28. The van der Waals surface area contributed by atoms with Crippen LogP contribution in [0, 0.1) is 0 Å². The van der Waals surface area contributed by atoms with E-state index in [1.165, 1.54) is 16.5 Å². The van der Waals surface area contributed by atoms with E-state index in [-0.39, 0.29) is 0 Å². The number of furan rings is 1. The van der Waals surface area contributed by atoms with E-state index in [0.717, 1.165) is 18.5 Å². The normalized spacial score (nSPS) is 11.9. The summed E-state index contributed by atoms with van der Waals surface area (Å²) in [5, 5.41) is 4.71. The Bertz CT molecular complexity index is 511. The standard InChI is InChI=1S/C16H23NO/c1-11(2)14-6-5-7-15-13(10-18-16(14)15)8-9-17-12(3)4/h5-7,10-12,17H,8-9H2,1-4H3. The van der Waals surface area contributed by atoms with Crippen molar-refractivity contribution in [3.8, 4) is 0 Å². The summed E-state index contributed by atoms with van der Waals surface area (Å²) in [6, 6.07) is 6.99.